The molecule has 10 heteroatoms. The molecule has 3 aromatic rings. The lowest BCUT2D eigenvalue weighted by atomic mass is 10.1. The first-order chi connectivity index (χ1) is 15.6. The third kappa shape index (κ3) is 5.44. The highest BCUT2D eigenvalue weighted by atomic mass is 35.5. The van der Waals surface area contributed by atoms with Crippen LogP contribution in [0.2, 0.25) is 5.02 Å². The predicted molar refractivity (Wildman–Crippen MR) is 127 cm³/mol. The van der Waals surface area contributed by atoms with E-state index >= 15 is 0 Å². The van der Waals surface area contributed by atoms with Crippen LogP contribution in [0.15, 0.2) is 71.6 Å². The summed E-state index contributed by atoms with van der Waals surface area (Å²) in [6.45, 7) is 1.12. The van der Waals surface area contributed by atoms with E-state index in [1.807, 2.05) is 0 Å². The number of halogens is 1. The number of rotatable bonds is 8. The molecule has 0 heterocycles. The molecule has 0 bridgehead atoms. The average molecular weight is 488 g/mol. The van der Waals surface area contributed by atoms with E-state index in [1.165, 1.54) is 55.6 Å². The van der Waals surface area contributed by atoms with E-state index in [2.05, 4.69) is 5.32 Å². The van der Waals surface area contributed by atoms with Crippen molar-refractivity contribution in [2.75, 3.05) is 23.3 Å². The molecule has 0 saturated heterocycles. The van der Waals surface area contributed by atoms with Crippen molar-refractivity contribution < 1.29 is 22.7 Å². The first-order valence-corrected chi connectivity index (χ1v) is 11.6. The molecule has 0 spiro atoms. The van der Waals surface area contributed by atoms with Gasteiger partial charge in [-0.15, -0.1) is 0 Å². The van der Waals surface area contributed by atoms with Crippen molar-refractivity contribution in [3.63, 3.8) is 0 Å². The molecule has 0 saturated carbocycles. The average Bonchev–Trinajstić information content (AvgIpc) is 2.79. The fraction of sp³-hybridized carbons (Fsp3) is 0.130. The monoisotopic (exact) mass is 487 g/mol. The van der Waals surface area contributed by atoms with E-state index in [0.717, 1.165) is 4.31 Å². The SMILES string of the molecule is COc1ccc(S(=O)(=O)N(CC(=O)Nc2cccc(C(N)=O)c2C)c2ccc(Cl)cc2)cc1. The van der Waals surface area contributed by atoms with Gasteiger partial charge in [0.1, 0.15) is 12.3 Å². The van der Waals surface area contributed by atoms with Crippen molar-refractivity contribution in [2.24, 2.45) is 5.73 Å². The van der Waals surface area contributed by atoms with Crippen molar-refractivity contribution in [3.8, 4) is 5.75 Å². The number of methoxy groups -OCH3 is 1. The zero-order chi connectivity index (χ0) is 24.2. The molecule has 2 amide bonds. The number of sulfonamides is 1. The molecule has 3 rings (SSSR count). The number of carbonyl (C=O) groups excluding carboxylic acids is 2. The molecular formula is C23H22ClN3O5S. The summed E-state index contributed by atoms with van der Waals surface area (Å²) in [7, 11) is -2.64. The second-order valence-electron chi connectivity index (χ2n) is 7.05. The Morgan fingerprint density at radius 1 is 1.03 bits per heavy atom. The lowest BCUT2D eigenvalue weighted by molar-refractivity contribution is -0.114. The smallest absolute Gasteiger partial charge is 0.264 e. The van der Waals surface area contributed by atoms with Crippen LogP contribution in [0.5, 0.6) is 5.75 Å². The molecule has 0 aliphatic carbocycles. The number of hydrogen-bond donors (Lipinski definition) is 2. The number of primary amides is 1. The summed E-state index contributed by atoms with van der Waals surface area (Å²) in [4.78, 5) is 24.5. The van der Waals surface area contributed by atoms with Crippen LogP contribution in [-0.2, 0) is 14.8 Å². The number of nitrogens with zero attached hydrogens (tertiary/aromatic N) is 1. The second kappa shape index (κ2) is 9.93. The fourth-order valence-corrected chi connectivity index (χ4v) is 4.70. The lowest BCUT2D eigenvalue weighted by Crippen LogP contribution is -2.38. The minimum Gasteiger partial charge on any atom is -0.497 e. The third-order valence-corrected chi connectivity index (χ3v) is 6.96. The van der Waals surface area contributed by atoms with Gasteiger partial charge in [0, 0.05) is 16.3 Å². The molecule has 0 aliphatic heterocycles. The highest BCUT2D eigenvalue weighted by Gasteiger charge is 2.27. The topological polar surface area (TPSA) is 119 Å². The molecule has 0 aromatic heterocycles. The van der Waals surface area contributed by atoms with E-state index in [-0.39, 0.29) is 16.1 Å². The third-order valence-electron chi connectivity index (χ3n) is 4.92. The second-order valence-corrected chi connectivity index (χ2v) is 9.35. The first kappa shape index (κ1) is 24.1. The number of anilines is 2. The highest BCUT2D eigenvalue weighted by Crippen LogP contribution is 2.27. The van der Waals surface area contributed by atoms with Gasteiger partial charge in [-0.25, -0.2) is 8.42 Å². The molecule has 0 atom stereocenters. The molecule has 3 aromatic carbocycles. The molecule has 0 fully saturated rings. The summed E-state index contributed by atoms with van der Waals surface area (Å²) in [6.07, 6.45) is 0. The summed E-state index contributed by atoms with van der Waals surface area (Å²) in [5, 5.41) is 3.08. The lowest BCUT2D eigenvalue weighted by Gasteiger charge is -2.24. The summed E-state index contributed by atoms with van der Waals surface area (Å²) in [5.41, 5.74) is 6.72. The van der Waals surface area contributed by atoms with Gasteiger partial charge in [-0.3, -0.25) is 13.9 Å². The van der Waals surface area contributed by atoms with E-state index in [4.69, 9.17) is 22.1 Å². The van der Waals surface area contributed by atoms with Crippen LogP contribution in [0.1, 0.15) is 15.9 Å². The predicted octanol–water partition coefficient (Wildman–Crippen LogP) is 3.59. The van der Waals surface area contributed by atoms with Gasteiger partial charge in [-0.05, 0) is 73.2 Å². The quantitative estimate of drug-likeness (QED) is 0.503. The summed E-state index contributed by atoms with van der Waals surface area (Å²) >= 11 is 5.95. The minimum absolute atomic E-state index is 0.0158. The molecule has 33 heavy (non-hydrogen) atoms. The van der Waals surface area contributed by atoms with E-state index in [1.54, 1.807) is 25.1 Å². The molecule has 8 nitrogen and oxygen atoms in total. The van der Waals surface area contributed by atoms with Crippen molar-refractivity contribution >= 4 is 44.8 Å². The number of benzene rings is 3. The highest BCUT2D eigenvalue weighted by molar-refractivity contribution is 7.92. The number of carbonyl (C=O) groups is 2. The minimum atomic E-state index is -4.11. The van der Waals surface area contributed by atoms with Gasteiger partial charge in [0.15, 0.2) is 0 Å². The summed E-state index contributed by atoms with van der Waals surface area (Å²) < 4.78 is 32.9. The number of nitrogens with one attached hydrogen (secondary N) is 1. The molecule has 0 radical (unpaired) electrons. The number of amides is 2. The van der Waals surface area contributed by atoms with Crippen molar-refractivity contribution in [3.05, 3.63) is 82.9 Å². The van der Waals surface area contributed by atoms with Gasteiger partial charge in [0.2, 0.25) is 11.8 Å². The maximum absolute atomic E-state index is 13.4. The molecule has 0 unspecified atom stereocenters. The van der Waals surface area contributed by atoms with Crippen LogP contribution < -0.4 is 20.1 Å². The van der Waals surface area contributed by atoms with Crippen LogP contribution in [-0.4, -0.2) is 33.9 Å². The maximum Gasteiger partial charge on any atom is 0.264 e. The van der Waals surface area contributed by atoms with Gasteiger partial charge < -0.3 is 15.8 Å². The van der Waals surface area contributed by atoms with Gasteiger partial charge >= 0.3 is 0 Å². The van der Waals surface area contributed by atoms with Crippen LogP contribution >= 0.6 is 11.6 Å². The Balaban J connectivity index is 1.95. The Morgan fingerprint density at radius 2 is 1.67 bits per heavy atom. The largest absolute Gasteiger partial charge is 0.497 e. The normalized spacial score (nSPS) is 11.0. The van der Waals surface area contributed by atoms with Crippen LogP contribution in [0.25, 0.3) is 0 Å². The van der Waals surface area contributed by atoms with Crippen molar-refractivity contribution in [1.82, 2.24) is 0 Å². The van der Waals surface area contributed by atoms with E-state index < -0.39 is 28.4 Å². The molecular weight excluding hydrogens is 466 g/mol. The summed E-state index contributed by atoms with van der Waals surface area (Å²) in [6, 6.07) is 16.6. The first-order valence-electron chi connectivity index (χ1n) is 9.75. The molecule has 3 N–H and O–H groups in total. The van der Waals surface area contributed by atoms with Crippen molar-refractivity contribution in [1.29, 1.82) is 0 Å². The standard InChI is InChI=1S/C23H22ClN3O5S/c1-15-20(23(25)29)4-3-5-21(15)26-22(28)14-27(17-8-6-16(24)7-9-17)33(30,31)19-12-10-18(32-2)11-13-19/h3-13H,14H2,1-2H3,(H2,25,29)(H,26,28). The Bertz CT molecular complexity index is 1280. The van der Waals surface area contributed by atoms with Gasteiger partial charge in [0.25, 0.3) is 10.0 Å². The van der Waals surface area contributed by atoms with E-state index in [9.17, 15) is 18.0 Å². The fourth-order valence-electron chi connectivity index (χ4n) is 3.16. The Hall–Kier alpha value is -3.56. The Labute approximate surface area is 197 Å². The molecule has 172 valence electrons. The zero-order valence-corrected chi connectivity index (χ0v) is 19.5. The number of nitrogens with two attached hydrogens (primary N) is 1. The van der Waals surface area contributed by atoms with Crippen LogP contribution in [0.4, 0.5) is 11.4 Å². The number of ether oxygens (including phenoxy) is 1. The van der Waals surface area contributed by atoms with Crippen LogP contribution in [0, 0.1) is 6.92 Å². The Morgan fingerprint density at radius 3 is 2.24 bits per heavy atom. The van der Waals surface area contributed by atoms with Gasteiger partial charge in [0.05, 0.1) is 17.7 Å². The maximum atomic E-state index is 13.4. The number of hydrogen-bond acceptors (Lipinski definition) is 5. The van der Waals surface area contributed by atoms with Gasteiger partial charge in [-0.2, -0.15) is 0 Å². The van der Waals surface area contributed by atoms with E-state index in [0.29, 0.717) is 22.0 Å². The summed E-state index contributed by atoms with van der Waals surface area (Å²) in [5.74, 6) is -0.741. The van der Waals surface area contributed by atoms with Gasteiger partial charge in [-0.1, -0.05) is 17.7 Å². The van der Waals surface area contributed by atoms with Crippen LogP contribution in [0.3, 0.4) is 0 Å². The Kier molecular flexibility index (Phi) is 7.25. The van der Waals surface area contributed by atoms with Crippen molar-refractivity contribution in [2.45, 2.75) is 11.8 Å². The molecule has 0 aliphatic rings. The zero-order valence-electron chi connectivity index (χ0n) is 17.9.